The zero-order valence-corrected chi connectivity index (χ0v) is 20.9. The number of carbonyl (C=O) groups is 1. The number of para-hydroxylation sites is 1. The molecule has 3 aromatic heterocycles. The van der Waals surface area contributed by atoms with E-state index in [1.165, 1.54) is 0 Å². The lowest BCUT2D eigenvalue weighted by atomic mass is 10.2. The molecule has 2 N–H and O–H groups in total. The van der Waals surface area contributed by atoms with Crippen molar-refractivity contribution in [1.82, 2.24) is 29.4 Å². The van der Waals surface area contributed by atoms with Crippen LogP contribution < -0.4 is 15.4 Å². The van der Waals surface area contributed by atoms with Gasteiger partial charge < -0.3 is 24.8 Å². The Morgan fingerprint density at radius 2 is 1.89 bits per heavy atom. The van der Waals surface area contributed by atoms with Gasteiger partial charge in [-0.15, -0.1) is 0 Å². The van der Waals surface area contributed by atoms with Gasteiger partial charge in [-0.25, -0.2) is 4.98 Å². The number of hydrogen-bond acceptors (Lipinski definition) is 8. The second-order valence-corrected chi connectivity index (χ2v) is 9.11. The lowest BCUT2D eigenvalue weighted by molar-refractivity contribution is -0.127. The number of nitrogens with zero attached hydrogens (tertiary/aromatic N) is 6. The first-order valence-corrected chi connectivity index (χ1v) is 12.8. The minimum atomic E-state index is 0.206. The zero-order valence-electron chi connectivity index (χ0n) is 20.9. The van der Waals surface area contributed by atoms with E-state index in [1.54, 1.807) is 12.5 Å². The Balaban J connectivity index is 1.25. The summed E-state index contributed by atoms with van der Waals surface area (Å²) in [6.45, 7) is 3.04. The Hall–Kier alpha value is -4.73. The molecule has 4 heterocycles. The number of ether oxygens (including phenoxy) is 1. The molecule has 10 nitrogen and oxygen atoms in total. The summed E-state index contributed by atoms with van der Waals surface area (Å²) in [5.74, 6) is 2.09. The maximum Gasteiger partial charge on any atom is 0.231 e. The summed E-state index contributed by atoms with van der Waals surface area (Å²) in [4.78, 5) is 32.5. The van der Waals surface area contributed by atoms with Gasteiger partial charge in [-0.2, -0.15) is 9.97 Å². The monoisotopic (exact) mass is 508 g/mol. The maximum absolute atomic E-state index is 12.1. The molecule has 2 aromatic carbocycles. The smallest absolute Gasteiger partial charge is 0.231 e. The topological polar surface area (TPSA) is 110 Å². The number of hydrogen-bond donors (Lipinski definition) is 2. The van der Waals surface area contributed by atoms with Gasteiger partial charge in [0.05, 0.1) is 18.4 Å². The summed E-state index contributed by atoms with van der Waals surface area (Å²) in [6.07, 6.45) is 5.08. The van der Waals surface area contributed by atoms with Crippen molar-refractivity contribution in [2.75, 3.05) is 36.9 Å². The fourth-order valence-electron chi connectivity index (χ4n) is 4.59. The van der Waals surface area contributed by atoms with E-state index in [0.29, 0.717) is 55.6 Å². The van der Waals surface area contributed by atoms with Crippen LogP contribution >= 0.6 is 0 Å². The lowest BCUT2D eigenvalue weighted by Crippen LogP contribution is -2.28. The molecule has 0 bridgehead atoms. The maximum atomic E-state index is 12.1. The number of pyridine rings is 1. The fourth-order valence-corrected chi connectivity index (χ4v) is 4.59. The van der Waals surface area contributed by atoms with Crippen LogP contribution in [0.1, 0.15) is 12.8 Å². The van der Waals surface area contributed by atoms with E-state index >= 15 is 0 Å². The summed E-state index contributed by atoms with van der Waals surface area (Å²) >= 11 is 0. The Labute approximate surface area is 219 Å². The van der Waals surface area contributed by atoms with Gasteiger partial charge in [0.2, 0.25) is 11.9 Å². The highest BCUT2D eigenvalue weighted by molar-refractivity contribution is 5.86. The molecule has 1 fully saturated rings. The van der Waals surface area contributed by atoms with E-state index in [1.807, 2.05) is 70.1 Å². The van der Waals surface area contributed by atoms with Gasteiger partial charge in [-0.1, -0.05) is 24.3 Å². The minimum Gasteiger partial charge on any atom is -0.492 e. The number of fused-ring (bicyclic) bond motifs is 2. The molecule has 38 heavy (non-hydrogen) atoms. The molecule has 5 aromatic rings. The highest BCUT2D eigenvalue weighted by atomic mass is 16.5. The van der Waals surface area contributed by atoms with Crippen molar-refractivity contribution in [1.29, 1.82) is 0 Å². The van der Waals surface area contributed by atoms with Crippen LogP contribution in [0.5, 0.6) is 5.75 Å². The number of carbonyl (C=O) groups excluding carboxylic acids is 1. The van der Waals surface area contributed by atoms with Crippen molar-refractivity contribution in [3.8, 4) is 5.75 Å². The number of likely N-dealkylation sites (tertiary alicyclic amines) is 1. The molecule has 0 aliphatic carbocycles. The first-order chi connectivity index (χ1) is 18.7. The predicted molar refractivity (Wildman–Crippen MR) is 147 cm³/mol. The van der Waals surface area contributed by atoms with Crippen LogP contribution in [0.3, 0.4) is 0 Å². The van der Waals surface area contributed by atoms with Crippen molar-refractivity contribution >= 4 is 45.4 Å². The van der Waals surface area contributed by atoms with E-state index in [0.717, 1.165) is 35.3 Å². The normalized spacial score (nSPS) is 13.4. The van der Waals surface area contributed by atoms with Crippen LogP contribution in [0.4, 0.5) is 17.5 Å². The van der Waals surface area contributed by atoms with Crippen LogP contribution in [0, 0.1) is 0 Å². The van der Waals surface area contributed by atoms with E-state index in [4.69, 9.17) is 14.7 Å². The minimum absolute atomic E-state index is 0.206. The SMILES string of the molecule is O=C1CCCN1CCn1cnc2c(NCCOc3ccccc3)nc(Nc3ccc4ncccc4c3)nc21. The average molecular weight is 509 g/mol. The third-order valence-corrected chi connectivity index (χ3v) is 6.51. The van der Waals surface area contributed by atoms with Crippen LogP contribution in [0.25, 0.3) is 22.1 Å². The molecule has 0 radical (unpaired) electrons. The van der Waals surface area contributed by atoms with Crippen LogP contribution in [-0.4, -0.2) is 61.6 Å². The van der Waals surface area contributed by atoms with Gasteiger partial charge in [0.15, 0.2) is 17.0 Å². The highest BCUT2D eigenvalue weighted by Crippen LogP contribution is 2.25. The number of nitrogens with one attached hydrogen (secondary N) is 2. The summed E-state index contributed by atoms with van der Waals surface area (Å²) in [6, 6.07) is 19.6. The molecule has 10 heteroatoms. The van der Waals surface area contributed by atoms with Crippen molar-refractivity contribution < 1.29 is 9.53 Å². The Kier molecular flexibility index (Phi) is 6.67. The Morgan fingerprint density at radius 1 is 0.974 bits per heavy atom. The van der Waals surface area contributed by atoms with Crippen LogP contribution in [-0.2, 0) is 11.3 Å². The first-order valence-electron chi connectivity index (χ1n) is 12.8. The summed E-state index contributed by atoms with van der Waals surface area (Å²) in [7, 11) is 0. The van der Waals surface area contributed by atoms with Crippen LogP contribution in [0.2, 0.25) is 0 Å². The highest BCUT2D eigenvalue weighted by Gasteiger charge is 2.20. The molecular weight excluding hydrogens is 480 g/mol. The number of imidazole rings is 1. The number of amides is 1. The quantitative estimate of drug-likeness (QED) is 0.270. The van der Waals surface area contributed by atoms with Gasteiger partial charge in [-0.3, -0.25) is 9.78 Å². The third kappa shape index (κ3) is 5.19. The van der Waals surface area contributed by atoms with Gasteiger partial charge in [-0.05, 0) is 42.8 Å². The molecule has 0 spiro atoms. The van der Waals surface area contributed by atoms with Crippen molar-refractivity contribution in [3.05, 3.63) is 73.2 Å². The van der Waals surface area contributed by atoms with Gasteiger partial charge in [0, 0.05) is 43.3 Å². The molecule has 0 saturated carbocycles. The number of benzene rings is 2. The second-order valence-electron chi connectivity index (χ2n) is 9.11. The molecule has 6 rings (SSSR count). The molecule has 1 saturated heterocycles. The van der Waals surface area contributed by atoms with Gasteiger partial charge in [0.25, 0.3) is 0 Å². The third-order valence-electron chi connectivity index (χ3n) is 6.51. The predicted octanol–water partition coefficient (Wildman–Crippen LogP) is 4.23. The Bertz CT molecular complexity index is 1570. The summed E-state index contributed by atoms with van der Waals surface area (Å²) in [5, 5.41) is 7.73. The van der Waals surface area contributed by atoms with Crippen LogP contribution in [0.15, 0.2) is 73.2 Å². The molecule has 192 valence electrons. The summed E-state index contributed by atoms with van der Waals surface area (Å²) in [5.41, 5.74) is 3.15. The molecule has 1 aliphatic heterocycles. The van der Waals surface area contributed by atoms with Gasteiger partial charge in [0.1, 0.15) is 12.4 Å². The Morgan fingerprint density at radius 3 is 2.76 bits per heavy atom. The fraction of sp³-hybridized carbons (Fsp3) is 0.250. The van der Waals surface area contributed by atoms with E-state index in [-0.39, 0.29) is 5.91 Å². The van der Waals surface area contributed by atoms with Crippen molar-refractivity contribution in [3.63, 3.8) is 0 Å². The zero-order chi connectivity index (χ0) is 25.7. The van der Waals surface area contributed by atoms with E-state index in [9.17, 15) is 4.79 Å². The lowest BCUT2D eigenvalue weighted by Gasteiger charge is -2.16. The molecule has 1 amide bonds. The van der Waals surface area contributed by atoms with Crippen molar-refractivity contribution in [2.24, 2.45) is 0 Å². The number of rotatable bonds is 10. The number of anilines is 3. The van der Waals surface area contributed by atoms with E-state index < -0.39 is 0 Å². The largest absolute Gasteiger partial charge is 0.492 e. The molecule has 0 unspecified atom stereocenters. The molecule has 0 atom stereocenters. The van der Waals surface area contributed by atoms with E-state index in [2.05, 4.69) is 20.6 Å². The second kappa shape index (κ2) is 10.7. The first kappa shape index (κ1) is 23.7. The standard InChI is InChI=1S/C28H28N8O2/c37-24-9-5-14-35(24)15-16-36-19-31-25-26(30-13-17-38-22-7-2-1-3-8-22)33-28(34-27(25)36)32-21-10-11-23-20(18-21)6-4-12-29-23/h1-4,6-8,10-12,18-19H,5,9,13-17H2,(H2,30,32,33,34). The van der Waals surface area contributed by atoms with Crippen molar-refractivity contribution in [2.45, 2.75) is 19.4 Å². The number of aromatic nitrogens is 5. The molecular formula is C28H28N8O2. The van der Waals surface area contributed by atoms with Gasteiger partial charge >= 0.3 is 0 Å². The average Bonchev–Trinajstić information content (AvgIpc) is 3.55. The molecule has 1 aliphatic rings. The summed E-state index contributed by atoms with van der Waals surface area (Å²) < 4.78 is 7.80.